The Hall–Kier alpha value is -13.0. The molecule has 39 nitrogen and oxygen atoms in total. The van der Waals surface area contributed by atoms with Gasteiger partial charge in [-0.1, -0.05) is 0 Å². The summed E-state index contributed by atoms with van der Waals surface area (Å²) in [6.07, 6.45) is 12.6. The summed E-state index contributed by atoms with van der Waals surface area (Å²) >= 11 is 0. The lowest BCUT2D eigenvalue weighted by Crippen LogP contribution is -2.32. The molecule has 0 aliphatic heterocycles. The van der Waals surface area contributed by atoms with Crippen LogP contribution >= 0.6 is 0 Å². The number of aryl methyl sites for hydroxylation is 8. The Bertz CT molecular complexity index is 4560. The van der Waals surface area contributed by atoms with E-state index in [1.807, 2.05) is 19.0 Å². The van der Waals surface area contributed by atoms with Crippen molar-refractivity contribution in [3.63, 3.8) is 0 Å². The van der Waals surface area contributed by atoms with Crippen LogP contribution in [0.1, 0.15) is 130 Å². The molecule has 0 bridgehead atoms. The van der Waals surface area contributed by atoms with E-state index in [-0.39, 0.29) is 151 Å². The number of imidazole rings is 4. The van der Waals surface area contributed by atoms with Gasteiger partial charge in [-0.3, -0.25) is 62.3 Å². The molecule has 8 heterocycles. The van der Waals surface area contributed by atoms with Gasteiger partial charge in [0.15, 0.2) is 23.3 Å². The van der Waals surface area contributed by atoms with Crippen molar-refractivity contribution in [2.45, 2.75) is 45.4 Å². The molecule has 0 saturated heterocycles. The molecule has 8 aromatic heterocycles. The fraction of sp³-hybridized carbons (Fsp3) is 0.359. The van der Waals surface area contributed by atoms with Crippen molar-refractivity contribution in [1.29, 1.82) is 0 Å². The van der Waals surface area contributed by atoms with Crippen LogP contribution in [0.5, 0.6) is 0 Å². The quantitative estimate of drug-likeness (QED) is 0.0253. The molecule has 8 aromatic rings. The van der Waals surface area contributed by atoms with Gasteiger partial charge in [-0.2, -0.15) is 0 Å². The van der Waals surface area contributed by atoms with E-state index in [9.17, 15) is 62.3 Å². The highest BCUT2D eigenvalue weighted by atomic mass is 16.2. The van der Waals surface area contributed by atoms with E-state index in [0.717, 1.165) is 13.0 Å². The number of carbonyl (C=O) groups is 13. The Labute approximate surface area is 588 Å². The molecule has 0 spiro atoms. The molecule has 546 valence electrons. The monoisotopic (exact) mass is 1420 g/mol. The summed E-state index contributed by atoms with van der Waals surface area (Å²) in [5.74, 6) is -6.40. The SMILES string of the molecule is CC(=O)Nc1cc(C(=O)Nc2cn(C)c(C(=O)NCCC(=O)Nc3cn(C)c(C(=O)Nc4cc(C(=O)NCCCC(=O)Nc5cn(C)c(C(=O)Nc6cc(C(=O)NCCC(=O)Nc7cc(C(=O)Nc8cn(C)c(C(=O)NCCC(=O)NCCCN(C)C)n8)n(C)c7)n(C)c6)n5)n(C)c4)n3)n2)n(C)c1. The summed E-state index contributed by atoms with van der Waals surface area (Å²) in [6, 6.07) is 5.81. The summed E-state index contributed by atoms with van der Waals surface area (Å²) in [4.78, 5) is 186. The van der Waals surface area contributed by atoms with Gasteiger partial charge < -0.3 is 111 Å². The van der Waals surface area contributed by atoms with Gasteiger partial charge in [0.25, 0.3) is 47.3 Å². The lowest BCUT2D eigenvalue weighted by Gasteiger charge is -2.10. The molecule has 8 rings (SSSR count). The van der Waals surface area contributed by atoms with Crippen molar-refractivity contribution >= 4 is 123 Å². The summed E-state index contributed by atoms with van der Waals surface area (Å²) in [5, 5.41) is 34.7. The average Bonchev–Trinajstić information content (AvgIpc) is 1.69. The van der Waals surface area contributed by atoms with E-state index in [0.29, 0.717) is 17.9 Å². The molecule has 13 N–H and O–H groups in total. The first-order chi connectivity index (χ1) is 48.9. The molecule has 0 unspecified atom stereocenters. The molecular formula is C64H82N26O13. The van der Waals surface area contributed by atoms with Crippen LogP contribution in [-0.2, 0) is 80.4 Å². The van der Waals surface area contributed by atoms with Crippen LogP contribution in [0.4, 0.5) is 46.0 Å². The first kappa shape index (κ1) is 75.8. The summed E-state index contributed by atoms with van der Waals surface area (Å²) in [6.45, 7) is 2.71. The van der Waals surface area contributed by atoms with E-state index in [1.165, 1.54) is 111 Å². The maximum atomic E-state index is 13.4. The fourth-order valence-electron chi connectivity index (χ4n) is 10.3. The van der Waals surface area contributed by atoms with E-state index >= 15 is 0 Å². The van der Waals surface area contributed by atoms with Gasteiger partial charge in [-0.05, 0) is 57.7 Å². The zero-order chi connectivity index (χ0) is 74.9. The lowest BCUT2D eigenvalue weighted by atomic mass is 10.3. The Morgan fingerprint density at radius 2 is 0.621 bits per heavy atom. The molecule has 0 radical (unpaired) electrons. The second-order valence-corrected chi connectivity index (χ2v) is 24.2. The first-order valence-electron chi connectivity index (χ1n) is 32.1. The number of amides is 13. The Balaban J connectivity index is 0.700. The molecule has 0 aromatic carbocycles. The van der Waals surface area contributed by atoms with Gasteiger partial charge in [0, 0.05) is 171 Å². The minimum atomic E-state index is -0.655. The van der Waals surface area contributed by atoms with Crippen molar-refractivity contribution in [3.05, 3.63) is 120 Å². The number of hydrogen-bond acceptors (Lipinski definition) is 18. The number of nitrogens with zero attached hydrogens (tertiary/aromatic N) is 13. The van der Waals surface area contributed by atoms with E-state index in [1.54, 1.807) is 62.6 Å². The third kappa shape index (κ3) is 21.0. The van der Waals surface area contributed by atoms with Gasteiger partial charge in [-0.25, -0.2) is 19.9 Å². The largest absolute Gasteiger partial charge is 0.356 e. The van der Waals surface area contributed by atoms with Crippen molar-refractivity contribution in [1.82, 2.24) is 88.0 Å². The highest BCUT2D eigenvalue weighted by molar-refractivity contribution is 6.07. The molecule has 0 saturated carbocycles. The second-order valence-electron chi connectivity index (χ2n) is 24.2. The van der Waals surface area contributed by atoms with Crippen LogP contribution in [0.25, 0.3) is 0 Å². The van der Waals surface area contributed by atoms with Crippen LogP contribution < -0.4 is 69.1 Å². The van der Waals surface area contributed by atoms with Crippen LogP contribution in [0.3, 0.4) is 0 Å². The predicted molar refractivity (Wildman–Crippen MR) is 375 cm³/mol. The minimum absolute atomic E-state index is 0.0122. The molecule has 0 aliphatic carbocycles. The molecule has 0 atom stereocenters. The van der Waals surface area contributed by atoms with E-state index in [2.05, 4.69) is 89.1 Å². The summed E-state index contributed by atoms with van der Waals surface area (Å²) in [5.41, 5.74) is 1.97. The molecule has 39 heteroatoms. The average molecular weight is 1420 g/mol. The minimum Gasteiger partial charge on any atom is -0.356 e. The Morgan fingerprint density at radius 3 is 1.02 bits per heavy atom. The zero-order valence-electron chi connectivity index (χ0n) is 58.5. The number of hydrogen-bond donors (Lipinski definition) is 13. The van der Waals surface area contributed by atoms with Crippen molar-refractivity contribution in [2.75, 3.05) is 95.9 Å². The molecule has 103 heavy (non-hydrogen) atoms. The van der Waals surface area contributed by atoms with Gasteiger partial charge in [0.05, 0.1) is 22.7 Å². The third-order valence-corrected chi connectivity index (χ3v) is 15.3. The van der Waals surface area contributed by atoms with Crippen LogP contribution in [-0.4, -0.2) is 192 Å². The van der Waals surface area contributed by atoms with E-state index < -0.39 is 65.0 Å². The van der Waals surface area contributed by atoms with Crippen LogP contribution in [0, 0.1) is 0 Å². The maximum absolute atomic E-state index is 13.4. The Kier molecular flexibility index (Phi) is 25.2. The fourth-order valence-corrected chi connectivity index (χ4v) is 10.3. The number of rotatable bonds is 33. The van der Waals surface area contributed by atoms with Crippen molar-refractivity contribution in [2.24, 2.45) is 56.4 Å². The molecular weight excluding hydrogens is 1340 g/mol. The van der Waals surface area contributed by atoms with Crippen LogP contribution in [0.2, 0.25) is 0 Å². The standard InChI is InChI=1S/C64H82N26O13/c1-36(91)70-37-24-43(85(6)28-37)59(98)80-47-34-88(9)54(79-47)62(101)69-22-17-52(95)75-46-33-90(11)56(77-46)64(103)72-39-26-41(83(4)30-39)57(96)66-18-12-14-50(93)74-45-32-89(10)55(76-45)63(102)73-40-27-42(84(5)31-40)58(97)67-21-16-51(94)71-38-25-44(86(7)29-38)60(99)81-48-35-87(8)53(78-48)61(100)68-20-15-49(92)65-19-13-23-82(2)3/h24-35H,12-23H2,1-11H3,(H,65,92)(H,66,96)(H,67,97)(H,68,100)(H,69,101)(H,70,91)(H,71,94)(H,72,103)(H,73,102)(H,74,93)(H,75,95)(H,80,98)(H,81,99). The smallest absolute Gasteiger partial charge is 0.291 e. The highest BCUT2D eigenvalue weighted by Gasteiger charge is 2.25. The topological polar surface area (TPSA) is 473 Å². The second kappa shape index (κ2) is 34.2. The van der Waals surface area contributed by atoms with Crippen molar-refractivity contribution < 1.29 is 62.3 Å². The number of aromatic nitrogens is 12. The molecule has 0 fully saturated rings. The lowest BCUT2D eigenvalue weighted by molar-refractivity contribution is -0.121. The first-order valence-corrected chi connectivity index (χ1v) is 32.1. The van der Waals surface area contributed by atoms with Gasteiger partial charge >= 0.3 is 0 Å². The van der Waals surface area contributed by atoms with Gasteiger partial charge in [-0.15, -0.1) is 0 Å². The summed E-state index contributed by atoms with van der Waals surface area (Å²) < 4.78 is 11.6. The molecule has 0 aliphatic rings. The van der Waals surface area contributed by atoms with E-state index in [4.69, 9.17) is 0 Å². The predicted octanol–water partition coefficient (Wildman–Crippen LogP) is 0.796. The third-order valence-electron chi connectivity index (χ3n) is 15.3. The number of nitrogens with one attached hydrogen (secondary N) is 13. The molecule has 13 amide bonds. The number of carbonyl (C=O) groups excluding carboxylic acids is 13. The van der Waals surface area contributed by atoms with Gasteiger partial charge in [0.2, 0.25) is 52.8 Å². The maximum Gasteiger partial charge on any atom is 0.291 e. The van der Waals surface area contributed by atoms with Crippen LogP contribution in [0.15, 0.2) is 73.8 Å². The van der Waals surface area contributed by atoms with Crippen molar-refractivity contribution in [3.8, 4) is 0 Å². The van der Waals surface area contributed by atoms with Gasteiger partial charge in [0.1, 0.15) is 22.8 Å². The zero-order valence-corrected chi connectivity index (χ0v) is 58.5. The normalized spacial score (nSPS) is 11.0. The highest BCUT2D eigenvalue weighted by Crippen LogP contribution is 2.21. The number of anilines is 8. The Morgan fingerprint density at radius 1 is 0.311 bits per heavy atom. The summed E-state index contributed by atoms with van der Waals surface area (Å²) in [7, 11) is 16.5.